The van der Waals surface area contributed by atoms with Crippen molar-refractivity contribution in [2.45, 2.75) is 13.5 Å². The summed E-state index contributed by atoms with van der Waals surface area (Å²) in [7, 11) is 0. The highest BCUT2D eigenvalue weighted by atomic mass is 127. The maximum atomic E-state index is 13.0. The second-order valence-corrected chi connectivity index (χ2v) is 8.47. The lowest BCUT2D eigenvalue weighted by Gasteiger charge is -2.27. The SMILES string of the molecule is Cc1ccccc1N1C(=O)NC(=O)/C(=C\c2ccc(OCc3ccc(I)cc3)cc2)C1=O. The van der Waals surface area contributed by atoms with Crippen molar-refractivity contribution in [3.8, 4) is 5.75 Å². The van der Waals surface area contributed by atoms with E-state index in [-0.39, 0.29) is 5.57 Å². The largest absolute Gasteiger partial charge is 0.489 e. The van der Waals surface area contributed by atoms with Crippen molar-refractivity contribution in [1.29, 1.82) is 0 Å². The predicted octanol–water partition coefficient (Wildman–Crippen LogP) is 4.85. The Bertz CT molecular complexity index is 1220. The normalized spacial score (nSPS) is 15.1. The maximum Gasteiger partial charge on any atom is 0.335 e. The number of carbonyl (C=O) groups is 3. The molecule has 1 saturated heterocycles. The van der Waals surface area contributed by atoms with E-state index >= 15 is 0 Å². The Hall–Kier alpha value is -3.46. The summed E-state index contributed by atoms with van der Waals surface area (Å²) in [4.78, 5) is 38.7. The Kier molecular flexibility index (Phi) is 6.36. The molecule has 1 aliphatic heterocycles. The number of hydrogen-bond acceptors (Lipinski definition) is 4. The first kappa shape index (κ1) is 21.8. The summed E-state index contributed by atoms with van der Waals surface area (Å²) < 4.78 is 6.96. The lowest BCUT2D eigenvalue weighted by Crippen LogP contribution is -2.54. The lowest BCUT2D eigenvalue weighted by molar-refractivity contribution is -0.122. The monoisotopic (exact) mass is 538 g/mol. The first-order valence-corrected chi connectivity index (χ1v) is 10.9. The van der Waals surface area contributed by atoms with Crippen molar-refractivity contribution in [2.75, 3.05) is 4.90 Å². The zero-order chi connectivity index (χ0) is 22.7. The summed E-state index contributed by atoms with van der Waals surface area (Å²) in [6.07, 6.45) is 1.47. The minimum atomic E-state index is -0.759. The molecule has 0 aromatic heterocycles. The van der Waals surface area contributed by atoms with Crippen LogP contribution in [-0.4, -0.2) is 17.8 Å². The van der Waals surface area contributed by atoms with E-state index < -0.39 is 17.8 Å². The fourth-order valence-electron chi connectivity index (χ4n) is 3.26. The Morgan fingerprint density at radius 1 is 0.938 bits per heavy atom. The van der Waals surface area contributed by atoms with Gasteiger partial charge in [-0.15, -0.1) is 0 Å². The summed E-state index contributed by atoms with van der Waals surface area (Å²) in [6.45, 7) is 2.23. The molecule has 0 atom stereocenters. The van der Waals surface area contributed by atoms with Gasteiger partial charge in [-0.1, -0.05) is 42.5 Å². The molecule has 1 N–H and O–H groups in total. The molecule has 4 amide bonds. The van der Waals surface area contributed by atoms with Crippen LogP contribution in [0.25, 0.3) is 6.08 Å². The van der Waals surface area contributed by atoms with E-state index in [0.29, 0.717) is 23.6 Å². The number of amides is 4. The van der Waals surface area contributed by atoms with Gasteiger partial charge in [-0.2, -0.15) is 0 Å². The average Bonchev–Trinajstić information content (AvgIpc) is 2.78. The van der Waals surface area contributed by atoms with E-state index in [9.17, 15) is 14.4 Å². The molecule has 4 rings (SSSR count). The molecular weight excluding hydrogens is 519 g/mol. The Morgan fingerprint density at radius 3 is 2.31 bits per heavy atom. The van der Waals surface area contributed by atoms with Gasteiger partial charge in [-0.25, -0.2) is 9.69 Å². The third-order valence-electron chi connectivity index (χ3n) is 4.97. The molecule has 6 nitrogen and oxygen atoms in total. The van der Waals surface area contributed by atoms with Crippen LogP contribution in [0.3, 0.4) is 0 Å². The summed E-state index contributed by atoms with van der Waals surface area (Å²) in [6, 6.07) is 21.4. The van der Waals surface area contributed by atoms with E-state index in [1.165, 1.54) is 6.08 Å². The van der Waals surface area contributed by atoms with Gasteiger partial charge in [0.25, 0.3) is 11.8 Å². The fraction of sp³-hybridized carbons (Fsp3) is 0.0800. The molecule has 0 unspecified atom stereocenters. The van der Waals surface area contributed by atoms with Crippen LogP contribution < -0.4 is 15.0 Å². The Labute approximate surface area is 199 Å². The standard InChI is InChI=1S/C25H19IN2O4/c1-16-4-2-3-5-22(16)28-24(30)21(23(29)27-25(28)31)14-17-8-12-20(13-9-17)32-15-18-6-10-19(26)11-7-18/h2-14H,15H2,1H3,(H,27,29,31)/b21-14+. The minimum absolute atomic E-state index is 0.111. The summed E-state index contributed by atoms with van der Waals surface area (Å²) >= 11 is 2.25. The topological polar surface area (TPSA) is 75.7 Å². The zero-order valence-electron chi connectivity index (χ0n) is 17.2. The summed E-state index contributed by atoms with van der Waals surface area (Å²) in [5, 5.41) is 2.24. The van der Waals surface area contributed by atoms with Gasteiger partial charge in [0.1, 0.15) is 17.9 Å². The summed E-state index contributed by atoms with van der Waals surface area (Å²) in [5.74, 6) is -0.710. The van der Waals surface area contributed by atoms with Gasteiger partial charge in [-0.05, 0) is 82.6 Å². The van der Waals surface area contributed by atoms with Crippen LogP contribution in [0.15, 0.2) is 78.4 Å². The van der Waals surface area contributed by atoms with Crippen LogP contribution in [-0.2, 0) is 16.2 Å². The van der Waals surface area contributed by atoms with Crippen LogP contribution in [0.1, 0.15) is 16.7 Å². The van der Waals surface area contributed by atoms with Crippen molar-refractivity contribution in [2.24, 2.45) is 0 Å². The number of rotatable bonds is 5. The van der Waals surface area contributed by atoms with Gasteiger partial charge in [0.05, 0.1) is 5.69 Å². The third kappa shape index (κ3) is 4.72. The zero-order valence-corrected chi connectivity index (χ0v) is 19.3. The second kappa shape index (κ2) is 9.35. The van der Waals surface area contributed by atoms with Crippen LogP contribution in [0, 0.1) is 10.5 Å². The van der Waals surface area contributed by atoms with Crippen molar-refractivity contribution in [1.82, 2.24) is 5.32 Å². The van der Waals surface area contributed by atoms with Gasteiger partial charge in [0.15, 0.2) is 0 Å². The van der Waals surface area contributed by atoms with Crippen LogP contribution in [0.5, 0.6) is 5.75 Å². The van der Waals surface area contributed by atoms with E-state index in [1.807, 2.05) is 30.3 Å². The molecule has 3 aromatic carbocycles. The Morgan fingerprint density at radius 2 is 1.62 bits per heavy atom. The molecule has 3 aromatic rings. The highest BCUT2D eigenvalue weighted by Gasteiger charge is 2.37. The quantitative estimate of drug-likeness (QED) is 0.287. The van der Waals surface area contributed by atoms with Gasteiger partial charge in [0.2, 0.25) is 0 Å². The Balaban J connectivity index is 1.52. The lowest BCUT2D eigenvalue weighted by atomic mass is 10.1. The number of imide groups is 2. The van der Waals surface area contributed by atoms with E-state index in [0.717, 1.165) is 19.6 Å². The van der Waals surface area contributed by atoms with Gasteiger partial charge in [-0.3, -0.25) is 14.9 Å². The molecule has 0 aliphatic carbocycles. The molecule has 1 fully saturated rings. The number of anilines is 1. The van der Waals surface area contributed by atoms with Crippen molar-refractivity contribution < 1.29 is 19.1 Å². The second-order valence-electron chi connectivity index (χ2n) is 7.23. The van der Waals surface area contributed by atoms with E-state index in [2.05, 4.69) is 27.9 Å². The predicted molar refractivity (Wildman–Crippen MR) is 130 cm³/mol. The first-order valence-electron chi connectivity index (χ1n) is 9.87. The van der Waals surface area contributed by atoms with Crippen molar-refractivity contribution in [3.05, 3.63) is 98.6 Å². The van der Waals surface area contributed by atoms with Gasteiger partial charge in [0, 0.05) is 3.57 Å². The molecule has 0 saturated carbocycles. The molecule has 160 valence electrons. The number of halogens is 1. The number of aryl methyl sites for hydroxylation is 1. The molecule has 1 heterocycles. The number of barbiturate groups is 1. The van der Waals surface area contributed by atoms with Crippen LogP contribution >= 0.6 is 22.6 Å². The number of hydrogen-bond donors (Lipinski definition) is 1. The van der Waals surface area contributed by atoms with Crippen LogP contribution in [0.2, 0.25) is 0 Å². The number of para-hydroxylation sites is 1. The average molecular weight is 538 g/mol. The van der Waals surface area contributed by atoms with Crippen LogP contribution in [0.4, 0.5) is 10.5 Å². The number of benzene rings is 3. The molecular formula is C25H19IN2O4. The molecule has 0 radical (unpaired) electrons. The summed E-state index contributed by atoms with van der Waals surface area (Å²) in [5.41, 5.74) is 2.78. The molecule has 7 heteroatoms. The van der Waals surface area contributed by atoms with Crippen molar-refractivity contribution >= 4 is 52.2 Å². The third-order valence-corrected chi connectivity index (χ3v) is 5.69. The molecule has 1 aliphatic rings. The fourth-order valence-corrected chi connectivity index (χ4v) is 3.62. The van der Waals surface area contributed by atoms with Gasteiger partial charge < -0.3 is 4.74 Å². The number of ether oxygens (including phenoxy) is 1. The molecule has 0 spiro atoms. The van der Waals surface area contributed by atoms with Crippen molar-refractivity contribution in [3.63, 3.8) is 0 Å². The maximum absolute atomic E-state index is 13.0. The molecule has 32 heavy (non-hydrogen) atoms. The van der Waals surface area contributed by atoms with Gasteiger partial charge >= 0.3 is 6.03 Å². The first-order chi connectivity index (χ1) is 15.4. The minimum Gasteiger partial charge on any atom is -0.489 e. The highest BCUT2D eigenvalue weighted by molar-refractivity contribution is 14.1. The number of nitrogens with one attached hydrogen (secondary N) is 1. The van der Waals surface area contributed by atoms with E-state index in [1.54, 1.807) is 49.4 Å². The number of urea groups is 1. The van der Waals surface area contributed by atoms with E-state index in [4.69, 9.17) is 4.74 Å². The number of carbonyl (C=O) groups excluding carboxylic acids is 3. The number of nitrogens with zero attached hydrogens (tertiary/aromatic N) is 1. The molecule has 0 bridgehead atoms. The highest BCUT2D eigenvalue weighted by Crippen LogP contribution is 2.25. The smallest absolute Gasteiger partial charge is 0.335 e.